The molecule has 45 heavy (non-hydrogen) atoms. The molecule has 0 radical (unpaired) electrons. The lowest BCUT2D eigenvalue weighted by Gasteiger charge is -2.42. The van der Waals surface area contributed by atoms with Gasteiger partial charge >= 0.3 is 12.3 Å². The fourth-order valence-corrected chi connectivity index (χ4v) is 6.73. The second kappa shape index (κ2) is 12.6. The number of alkyl halides is 3. The minimum atomic E-state index is -4.40. The molecule has 6 rings (SSSR count). The van der Waals surface area contributed by atoms with Gasteiger partial charge in [-0.2, -0.15) is 22.8 Å². The summed E-state index contributed by atoms with van der Waals surface area (Å²) in [7, 11) is 4.08. The van der Waals surface area contributed by atoms with Gasteiger partial charge in [0.05, 0.1) is 17.5 Å². The third-order valence-corrected chi connectivity index (χ3v) is 9.12. The van der Waals surface area contributed by atoms with Crippen LogP contribution in [0.4, 0.5) is 23.8 Å². The van der Waals surface area contributed by atoms with Gasteiger partial charge in [-0.1, -0.05) is 38.1 Å². The summed E-state index contributed by atoms with van der Waals surface area (Å²) >= 11 is 0. The number of carbonyl (C=O) groups is 1. The Labute approximate surface area is 262 Å². The first kappa shape index (κ1) is 31.3. The summed E-state index contributed by atoms with van der Waals surface area (Å²) in [6.45, 7) is 7.41. The number of nitrogens with one attached hydrogen (secondary N) is 1. The van der Waals surface area contributed by atoms with Crippen LogP contribution in [0.15, 0.2) is 48.7 Å². The highest BCUT2D eigenvalue weighted by Gasteiger charge is 2.45. The lowest BCUT2D eigenvalue weighted by Crippen LogP contribution is -2.56. The Balaban J connectivity index is 1.12. The molecule has 3 aliphatic rings. The van der Waals surface area contributed by atoms with Crippen LogP contribution in [0, 0.1) is 0 Å². The highest BCUT2D eigenvalue weighted by molar-refractivity contribution is 5.70. The van der Waals surface area contributed by atoms with Crippen LogP contribution in [0.3, 0.4) is 0 Å². The minimum Gasteiger partial charge on any atom is -0.443 e. The summed E-state index contributed by atoms with van der Waals surface area (Å²) in [5.41, 5.74) is 2.12. The predicted molar refractivity (Wildman–Crippen MR) is 167 cm³/mol. The molecule has 3 saturated heterocycles. The summed E-state index contributed by atoms with van der Waals surface area (Å²) in [6, 6.07) is 7.24. The van der Waals surface area contributed by atoms with Gasteiger partial charge in [0.25, 0.3) is 0 Å². The highest BCUT2D eigenvalue weighted by atomic mass is 19.4. The Morgan fingerprint density at radius 3 is 2.42 bits per heavy atom. The number of carbonyl (C=O) groups excluding carboxylic acids is 1. The fourth-order valence-electron chi connectivity index (χ4n) is 6.73. The number of piperidine rings is 1. The molecular formula is C33H42F3N7O2. The van der Waals surface area contributed by atoms with Gasteiger partial charge in [0, 0.05) is 61.5 Å². The maximum atomic E-state index is 13.3. The van der Waals surface area contributed by atoms with E-state index in [2.05, 4.69) is 46.2 Å². The number of rotatable bonds is 9. The van der Waals surface area contributed by atoms with Crippen LogP contribution in [-0.4, -0.2) is 99.9 Å². The molecular weight excluding hydrogens is 583 g/mol. The zero-order valence-corrected chi connectivity index (χ0v) is 26.3. The topological polar surface area (TPSA) is 78.2 Å². The summed E-state index contributed by atoms with van der Waals surface area (Å²) < 4.78 is 47.3. The third kappa shape index (κ3) is 6.81. The molecule has 1 N–H and O–H groups in total. The lowest BCUT2D eigenvalue weighted by molar-refractivity contribution is -0.137. The van der Waals surface area contributed by atoms with E-state index in [0.29, 0.717) is 16.9 Å². The summed E-state index contributed by atoms with van der Waals surface area (Å²) in [5, 5.41) is 8.29. The Bertz CT molecular complexity index is 1520. The molecule has 12 heteroatoms. The quantitative estimate of drug-likeness (QED) is 0.298. The average Bonchev–Trinajstić information content (AvgIpc) is 3.52. The highest BCUT2D eigenvalue weighted by Crippen LogP contribution is 2.38. The zero-order chi connectivity index (χ0) is 31.9. The number of aromatic nitrogens is 3. The third-order valence-electron chi connectivity index (χ3n) is 9.12. The number of ether oxygens (including phenoxy) is 1. The summed E-state index contributed by atoms with van der Waals surface area (Å²) in [4.78, 5) is 24.4. The van der Waals surface area contributed by atoms with Crippen LogP contribution in [0.5, 0.6) is 0 Å². The molecule has 2 aromatic heterocycles. The van der Waals surface area contributed by atoms with Gasteiger partial charge in [-0.3, -0.25) is 4.90 Å². The smallest absolute Gasteiger partial charge is 0.416 e. The van der Waals surface area contributed by atoms with E-state index in [-0.39, 0.29) is 36.2 Å². The SMILES string of the molecule is CC(C)c1cnn2c(NC3CC4CCC(C3)N4C(=O)OC3CN(C/C=C/CN(C)C)C3)cc(-c3ccc(C(F)(F)F)cc3)nc12. The molecule has 5 heterocycles. The number of hydrogen-bond donors (Lipinski definition) is 1. The lowest BCUT2D eigenvalue weighted by atomic mass is 9.97. The molecule has 0 spiro atoms. The maximum Gasteiger partial charge on any atom is 0.416 e. The predicted octanol–water partition coefficient (Wildman–Crippen LogP) is 5.88. The molecule has 1 amide bonds. The van der Waals surface area contributed by atoms with Crippen molar-refractivity contribution in [2.75, 3.05) is 45.6 Å². The number of halogens is 3. The Morgan fingerprint density at radius 2 is 1.80 bits per heavy atom. The van der Waals surface area contributed by atoms with E-state index in [1.165, 1.54) is 12.1 Å². The molecule has 3 fully saturated rings. The van der Waals surface area contributed by atoms with Crippen molar-refractivity contribution in [2.45, 2.75) is 75.9 Å². The molecule has 2 bridgehead atoms. The molecule has 0 aliphatic carbocycles. The number of likely N-dealkylation sites (N-methyl/N-ethyl adjacent to an activating group) is 1. The van der Waals surface area contributed by atoms with Gasteiger partial charge in [-0.25, -0.2) is 9.78 Å². The van der Waals surface area contributed by atoms with Crippen molar-refractivity contribution in [1.82, 2.24) is 29.3 Å². The number of fused-ring (bicyclic) bond motifs is 3. The van der Waals surface area contributed by atoms with Crippen molar-refractivity contribution in [3.8, 4) is 11.3 Å². The van der Waals surface area contributed by atoms with Crippen LogP contribution in [0.2, 0.25) is 0 Å². The van der Waals surface area contributed by atoms with Gasteiger partial charge in [-0.05, 0) is 57.8 Å². The second-order valence-electron chi connectivity index (χ2n) is 13.2. The Hall–Kier alpha value is -3.64. The van der Waals surface area contributed by atoms with Crippen LogP contribution < -0.4 is 5.32 Å². The Kier molecular flexibility index (Phi) is 8.80. The summed E-state index contributed by atoms with van der Waals surface area (Å²) in [6.07, 6.45) is 4.86. The van der Waals surface area contributed by atoms with Crippen molar-refractivity contribution >= 4 is 17.6 Å². The van der Waals surface area contributed by atoms with E-state index < -0.39 is 11.7 Å². The zero-order valence-electron chi connectivity index (χ0n) is 26.3. The first-order valence-electron chi connectivity index (χ1n) is 15.8. The first-order valence-corrected chi connectivity index (χ1v) is 15.8. The minimum absolute atomic E-state index is 0.0707. The van der Waals surface area contributed by atoms with Gasteiger partial charge in [0.1, 0.15) is 11.9 Å². The molecule has 242 valence electrons. The van der Waals surface area contributed by atoms with E-state index >= 15 is 0 Å². The first-order chi connectivity index (χ1) is 21.5. The summed E-state index contributed by atoms with van der Waals surface area (Å²) in [5.74, 6) is 0.898. The van der Waals surface area contributed by atoms with E-state index in [1.807, 2.05) is 25.1 Å². The molecule has 2 unspecified atom stereocenters. The second-order valence-corrected chi connectivity index (χ2v) is 13.2. The van der Waals surface area contributed by atoms with E-state index in [0.717, 1.165) is 75.4 Å². The van der Waals surface area contributed by atoms with E-state index in [1.54, 1.807) is 10.7 Å². The number of hydrogen-bond acceptors (Lipinski definition) is 7. The van der Waals surface area contributed by atoms with Gasteiger partial charge in [-0.15, -0.1) is 0 Å². The molecule has 3 aromatic rings. The van der Waals surface area contributed by atoms with Gasteiger partial charge in [0.2, 0.25) is 0 Å². The van der Waals surface area contributed by atoms with Gasteiger partial charge < -0.3 is 19.9 Å². The van der Waals surface area contributed by atoms with Crippen LogP contribution >= 0.6 is 0 Å². The average molecular weight is 626 g/mol. The van der Waals surface area contributed by atoms with E-state index in [9.17, 15) is 18.0 Å². The normalized spacial score (nSPS) is 22.6. The molecule has 0 saturated carbocycles. The molecule has 2 atom stereocenters. The van der Waals surface area contributed by atoms with Crippen molar-refractivity contribution in [3.63, 3.8) is 0 Å². The van der Waals surface area contributed by atoms with Crippen LogP contribution in [0.1, 0.15) is 56.6 Å². The van der Waals surface area contributed by atoms with Crippen molar-refractivity contribution in [2.24, 2.45) is 0 Å². The fraction of sp³-hybridized carbons (Fsp3) is 0.545. The number of amides is 1. The molecule has 1 aromatic carbocycles. The molecule has 9 nitrogen and oxygen atoms in total. The monoisotopic (exact) mass is 625 g/mol. The Morgan fingerprint density at radius 1 is 1.11 bits per heavy atom. The molecule has 3 aliphatic heterocycles. The van der Waals surface area contributed by atoms with Crippen LogP contribution in [0.25, 0.3) is 16.9 Å². The van der Waals surface area contributed by atoms with Crippen molar-refractivity contribution in [3.05, 3.63) is 59.8 Å². The number of likely N-dealkylation sites (tertiary alicyclic amines) is 1. The maximum absolute atomic E-state index is 13.3. The van der Waals surface area contributed by atoms with E-state index in [4.69, 9.17) is 9.72 Å². The largest absolute Gasteiger partial charge is 0.443 e. The van der Waals surface area contributed by atoms with Crippen molar-refractivity contribution in [1.29, 1.82) is 0 Å². The van der Waals surface area contributed by atoms with Crippen LogP contribution in [-0.2, 0) is 10.9 Å². The standard InChI is InChI=1S/C33H42F3N7O2/c1-21(2)28-18-37-43-30(17-29(39-31(28)43)22-7-9-23(10-8-22)33(34,35)36)38-24-15-25-11-12-26(16-24)42(25)32(44)45-27-19-41(20-27)14-6-5-13-40(3)4/h5-10,17-18,21,24-27,38H,11-16,19-20H2,1-4H3/b6-5+. The van der Waals surface area contributed by atoms with Gasteiger partial charge in [0.15, 0.2) is 5.65 Å². The number of anilines is 1. The van der Waals surface area contributed by atoms with Crippen molar-refractivity contribution < 1.29 is 22.7 Å². The number of benzene rings is 1. The number of nitrogens with zero attached hydrogens (tertiary/aromatic N) is 6.